The summed E-state index contributed by atoms with van der Waals surface area (Å²) in [5.74, 6) is 1.35. The predicted octanol–water partition coefficient (Wildman–Crippen LogP) is 8.69. The molecule has 0 saturated heterocycles. The maximum Gasteiger partial charge on any atom is 0.130 e. The third-order valence-electron chi connectivity index (χ3n) is 5.14. The molecule has 0 bridgehead atoms. The molecule has 2 rings (SSSR count). The average molecular weight is 445 g/mol. The van der Waals surface area contributed by atoms with Gasteiger partial charge in [0.05, 0.1) is 5.69 Å². The highest BCUT2D eigenvalue weighted by molar-refractivity contribution is 6.31. The maximum atomic E-state index is 13.8. The Morgan fingerprint density at radius 3 is 2.35 bits per heavy atom. The summed E-state index contributed by atoms with van der Waals surface area (Å²) in [4.78, 5) is 9.02. The van der Waals surface area contributed by atoms with Crippen molar-refractivity contribution >= 4 is 23.8 Å². The van der Waals surface area contributed by atoms with Crippen molar-refractivity contribution in [3.05, 3.63) is 69.3 Å². The molecule has 0 unspecified atom stereocenters. The number of benzene rings is 1. The van der Waals surface area contributed by atoms with E-state index in [2.05, 4.69) is 43.4 Å². The Bertz CT molecular complexity index is 904. The van der Waals surface area contributed by atoms with E-state index in [1.54, 1.807) is 19.9 Å². The first-order valence-electron chi connectivity index (χ1n) is 11.0. The molecule has 0 fully saturated rings. The Labute approximate surface area is 193 Å². The van der Waals surface area contributed by atoms with Crippen LogP contribution in [0.25, 0.3) is 12.2 Å². The molecule has 1 heterocycles. The molecular weight excluding hydrogens is 407 g/mol. The van der Waals surface area contributed by atoms with Crippen LogP contribution in [0.3, 0.4) is 0 Å². The lowest BCUT2D eigenvalue weighted by Crippen LogP contribution is -2.12. The topological polar surface area (TPSA) is 25.8 Å². The molecule has 0 spiro atoms. The fourth-order valence-electron chi connectivity index (χ4n) is 3.57. The van der Waals surface area contributed by atoms with Crippen LogP contribution < -0.4 is 0 Å². The fourth-order valence-corrected chi connectivity index (χ4v) is 3.68. The molecule has 0 aliphatic carbocycles. The molecule has 0 aliphatic rings. The minimum Gasteiger partial charge on any atom is -0.239 e. The van der Waals surface area contributed by atoms with E-state index >= 15 is 0 Å². The highest BCUT2D eigenvalue weighted by Crippen LogP contribution is 2.31. The SMILES string of the molecule is C=Cc1nc(CCCC)nc(C)c1/C=C(\C)Cl.Cc1c(C(C)C)cccc1C(C)(C)F. The van der Waals surface area contributed by atoms with Crippen molar-refractivity contribution in [2.45, 2.75) is 86.2 Å². The van der Waals surface area contributed by atoms with E-state index in [1.807, 2.05) is 39.0 Å². The first-order valence-corrected chi connectivity index (χ1v) is 11.4. The molecular formula is C27H38ClFN2. The lowest BCUT2D eigenvalue weighted by atomic mass is 9.88. The van der Waals surface area contributed by atoms with Gasteiger partial charge in [-0.15, -0.1) is 0 Å². The molecule has 2 nitrogen and oxygen atoms in total. The maximum absolute atomic E-state index is 13.8. The van der Waals surface area contributed by atoms with Crippen LogP contribution in [0.5, 0.6) is 0 Å². The van der Waals surface area contributed by atoms with Gasteiger partial charge < -0.3 is 0 Å². The standard InChI is InChI=1S/C14H19ClN2.C13H19F/c1-5-7-8-14-16-11(4)12(9-10(3)15)13(6-2)17-14;1-9(2)11-7-6-8-12(10(11)3)13(4,5)14/h6,9H,2,5,7-8H2,1,3-4H3;6-9H,1-5H3/b10-9+;. The number of rotatable bonds is 7. The number of aryl methyl sites for hydroxylation is 2. The van der Waals surface area contributed by atoms with Gasteiger partial charge in [-0.3, -0.25) is 0 Å². The minimum absolute atomic E-state index is 0.456. The molecule has 1 aromatic heterocycles. The lowest BCUT2D eigenvalue weighted by Gasteiger charge is -2.21. The third kappa shape index (κ3) is 8.22. The van der Waals surface area contributed by atoms with Gasteiger partial charge in [0.25, 0.3) is 0 Å². The van der Waals surface area contributed by atoms with Crippen LogP contribution in [0.15, 0.2) is 29.8 Å². The normalized spacial score (nSPS) is 11.9. The van der Waals surface area contributed by atoms with Crippen molar-refractivity contribution in [3.8, 4) is 0 Å². The van der Waals surface area contributed by atoms with E-state index in [-0.39, 0.29) is 0 Å². The van der Waals surface area contributed by atoms with Gasteiger partial charge in [0.1, 0.15) is 11.5 Å². The molecule has 1 aromatic carbocycles. The highest BCUT2D eigenvalue weighted by atomic mass is 35.5. The molecule has 4 heteroatoms. The smallest absolute Gasteiger partial charge is 0.130 e. The largest absolute Gasteiger partial charge is 0.239 e. The molecule has 0 atom stereocenters. The second-order valence-electron chi connectivity index (χ2n) is 8.71. The molecule has 170 valence electrons. The van der Waals surface area contributed by atoms with Gasteiger partial charge in [-0.05, 0) is 75.8 Å². The summed E-state index contributed by atoms with van der Waals surface area (Å²) in [6.07, 6.45) is 6.82. The molecule has 31 heavy (non-hydrogen) atoms. The van der Waals surface area contributed by atoms with E-state index in [9.17, 15) is 4.39 Å². The summed E-state index contributed by atoms with van der Waals surface area (Å²) < 4.78 is 13.8. The molecule has 0 N–H and O–H groups in total. The number of allylic oxidation sites excluding steroid dienone is 1. The molecule has 0 saturated carbocycles. The van der Waals surface area contributed by atoms with Crippen molar-refractivity contribution in [1.29, 1.82) is 0 Å². The Kier molecular flexibility index (Phi) is 10.6. The molecule has 2 aromatic rings. The Hall–Kier alpha value is -2.00. The summed E-state index contributed by atoms with van der Waals surface area (Å²) in [5, 5.41) is 0.723. The van der Waals surface area contributed by atoms with Crippen LogP contribution in [0.2, 0.25) is 0 Å². The first kappa shape index (κ1) is 27.0. The quantitative estimate of drug-likeness (QED) is 0.426. The summed E-state index contributed by atoms with van der Waals surface area (Å²) in [6, 6.07) is 5.90. The van der Waals surface area contributed by atoms with Gasteiger partial charge in [-0.2, -0.15) is 0 Å². The Morgan fingerprint density at radius 2 is 1.87 bits per heavy atom. The van der Waals surface area contributed by atoms with Crippen molar-refractivity contribution in [2.75, 3.05) is 0 Å². The molecule has 0 radical (unpaired) electrons. The number of nitrogens with zero attached hydrogens (tertiary/aromatic N) is 2. The average Bonchev–Trinajstić information content (AvgIpc) is 2.67. The van der Waals surface area contributed by atoms with Crippen molar-refractivity contribution in [2.24, 2.45) is 0 Å². The van der Waals surface area contributed by atoms with E-state index in [1.165, 1.54) is 5.56 Å². The zero-order valence-corrected chi connectivity index (χ0v) is 21.2. The number of aromatic nitrogens is 2. The van der Waals surface area contributed by atoms with Crippen LogP contribution in [0.4, 0.5) is 4.39 Å². The third-order valence-corrected chi connectivity index (χ3v) is 5.25. The molecule has 0 amide bonds. The van der Waals surface area contributed by atoms with Crippen molar-refractivity contribution in [1.82, 2.24) is 9.97 Å². The second-order valence-corrected chi connectivity index (χ2v) is 9.31. The minimum atomic E-state index is -1.24. The van der Waals surface area contributed by atoms with Gasteiger partial charge in [0, 0.05) is 22.7 Å². The zero-order valence-electron chi connectivity index (χ0n) is 20.4. The van der Waals surface area contributed by atoms with Gasteiger partial charge in [0.15, 0.2) is 0 Å². The number of halogens is 2. The number of unbranched alkanes of at least 4 members (excludes halogenated alkanes) is 1. The van der Waals surface area contributed by atoms with E-state index < -0.39 is 5.67 Å². The summed E-state index contributed by atoms with van der Waals surface area (Å²) >= 11 is 5.91. The summed E-state index contributed by atoms with van der Waals surface area (Å²) in [7, 11) is 0. The van der Waals surface area contributed by atoms with E-state index in [0.29, 0.717) is 5.92 Å². The Balaban J connectivity index is 0.000000316. The van der Waals surface area contributed by atoms with Crippen molar-refractivity contribution in [3.63, 3.8) is 0 Å². The monoisotopic (exact) mass is 444 g/mol. The molecule has 0 aliphatic heterocycles. The van der Waals surface area contributed by atoms with E-state index in [0.717, 1.165) is 58.2 Å². The van der Waals surface area contributed by atoms with Gasteiger partial charge in [0.2, 0.25) is 0 Å². The number of alkyl halides is 1. The summed E-state index contributed by atoms with van der Waals surface area (Å²) in [6.45, 7) is 19.3. The predicted molar refractivity (Wildman–Crippen MR) is 134 cm³/mol. The first-order chi connectivity index (χ1) is 14.4. The lowest BCUT2D eigenvalue weighted by molar-refractivity contribution is 0.220. The van der Waals surface area contributed by atoms with Gasteiger partial charge in [-0.25, -0.2) is 14.4 Å². The second kappa shape index (κ2) is 12.1. The van der Waals surface area contributed by atoms with Crippen LogP contribution in [0.1, 0.15) is 99.8 Å². The summed E-state index contributed by atoms with van der Waals surface area (Å²) in [5.41, 5.74) is 4.69. The highest BCUT2D eigenvalue weighted by Gasteiger charge is 2.22. The van der Waals surface area contributed by atoms with Crippen LogP contribution in [0, 0.1) is 13.8 Å². The van der Waals surface area contributed by atoms with Crippen LogP contribution in [-0.4, -0.2) is 9.97 Å². The van der Waals surface area contributed by atoms with Crippen LogP contribution >= 0.6 is 11.6 Å². The zero-order chi connectivity index (χ0) is 23.8. The van der Waals surface area contributed by atoms with Gasteiger partial charge >= 0.3 is 0 Å². The Morgan fingerprint density at radius 1 is 1.23 bits per heavy atom. The van der Waals surface area contributed by atoms with Crippen molar-refractivity contribution < 1.29 is 4.39 Å². The number of hydrogen-bond acceptors (Lipinski definition) is 2. The van der Waals surface area contributed by atoms with Gasteiger partial charge in [-0.1, -0.05) is 63.6 Å². The number of hydrogen-bond donors (Lipinski definition) is 0. The fraction of sp³-hybridized carbons (Fsp3) is 0.481. The van der Waals surface area contributed by atoms with E-state index in [4.69, 9.17) is 11.6 Å². The van der Waals surface area contributed by atoms with Crippen LogP contribution in [-0.2, 0) is 12.1 Å².